The summed E-state index contributed by atoms with van der Waals surface area (Å²) in [4.78, 5) is 21.9. The van der Waals surface area contributed by atoms with E-state index in [9.17, 15) is 9.59 Å². The highest BCUT2D eigenvalue weighted by Gasteiger charge is 2.36. The lowest BCUT2D eigenvalue weighted by Crippen LogP contribution is -2.44. The van der Waals surface area contributed by atoms with Crippen molar-refractivity contribution in [3.05, 3.63) is 0 Å². The van der Waals surface area contributed by atoms with Gasteiger partial charge in [-0.25, -0.2) is 0 Å². The first-order valence-corrected chi connectivity index (χ1v) is 4.18. The van der Waals surface area contributed by atoms with Crippen LogP contribution in [0, 0.1) is 11.8 Å². The average molecular weight is 187 g/mol. The predicted octanol–water partition coefficient (Wildman–Crippen LogP) is -0.530. The molecule has 1 fully saturated rings. The van der Waals surface area contributed by atoms with Gasteiger partial charge < -0.3 is 15.2 Å². The number of hydrogen-bond donors (Lipinski definition) is 2. The van der Waals surface area contributed by atoms with E-state index in [0.717, 1.165) is 0 Å². The Bertz CT molecular complexity index is 216. The Hall–Kier alpha value is -1.10. The molecule has 0 aromatic rings. The van der Waals surface area contributed by atoms with Crippen molar-refractivity contribution in [1.29, 1.82) is 0 Å². The molecule has 0 aromatic carbocycles. The second kappa shape index (κ2) is 4.23. The van der Waals surface area contributed by atoms with Crippen LogP contribution in [0.3, 0.4) is 0 Å². The van der Waals surface area contributed by atoms with Gasteiger partial charge in [-0.05, 0) is 13.0 Å². The second-order valence-corrected chi connectivity index (χ2v) is 3.07. The van der Waals surface area contributed by atoms with Gasteiger partial charge in [-0.15, -0.1) is 0 Å². The number of carbonyl (C=O) groups is 2. The number of esters is 1. The molecule has 74 valence electrons. The third kappa shape index (κ3) is 2.18. The van der Waals surface area contributed by atoms with E-state index < -0.39 is 23.8 Å². The van der Waals surface area contributed by atoms with Crippen molar-refractivity contribution in [3.8, 4) is 0 Å². The molecule has 0 aromatic heterocycles. The molecular formula is C8H13NO4. The molecule has 2 atom stereocenters. The highest BCUT2D eigenvalue weighted by atomic mass is 16.5. The Labute approximate surface area is 76.1 Å². The molecule has 2 N–H and O–H groups in total. The fraction of sp³-hybridized carbons (Fsp3) is 0.750. The monoisotopic (exact) mass is 187 g/mol. The van der Waals surface area contributed by atoms with Crippen molar-refractivity contribution in [2.75, 3.05) is 20.2 Å². The van der Waals surface area contributed by atoms with Crippen LogP contribution in [0.1, 0.15) is 6.42 Å². The van der Waals surface area contributed by atoms with Gasteiger partial charge in [0.15, 0.2) is 0 Å². The lowest BCUT2D eigenvalue weighted by atomic mass is 9.86. The summed E-state index contributed by atoms with van der Waals surface area (Å²) < 4.78 is 4.54. The van der Waals surface area contributed by atoms with E-state index in [1.807, 2.05) is 0 Å². The summed E-state index contributed by atoms with van der Waals surface area (Å²) in [6.07, 6.45) is 0.531. The molecule has 1 heterocycles. The molecule has 0 aliphatic carbocycles. The number of ether oxygens (including phenoxy) is 1. The van der Waals surface area contributed by atoms with E-state index in [1.165, 1.54) is 7.11 Å². The van der Waals surface area contributed by atoms with Crippen LogP contribution in [0.4, 0.5) is 0 Å². The molecule has 5 heteroatoms. The van der Waals surface area contributed by atoms with E-state index >= 15 is 0 Å². The van der Waals surface area contributed by atoms with Crippen molar-refractivity contribution < 1.29 is 19.4 Å². The Morgan fingerprint density at radius 1 is 1.46 bits per heavy atom. The molecule has 1 aliphatic rings. The SMILES string of the molecule is COC(=O)[C@@H]1CCNC[C@@H]1C(=O)O. The maximum absolute atomic E-state index is 11.2. The van der Waals surface area contributed by atoms with Crippen LogP contribution in [-0.2, 0) is 14.3 Å². The minimum Gasteiger partial charge on any atom is -0.481 e. The molecule has 13 heavy (non-hydrogen) atoms. The van der Waals surface area contributed by atoms with Gasteiger partial charge in [-0.1, -0.05) is 0 Å². The van der Waals surface area contributed by atoms with Crippen LogP contribution in [0.25, 0.3) is 0 Å². The maximum Gasteiger partial charge on any atom is 0.309 e. The van der Waals surface area contributed by atoms with Gasteiger partial charge in [0.2, 0.25) is 0 Å². The lowest BCUT2D eigenvalue weighted by Gasteiger charge is -2.26. The molecule has 0 saturated carbocycles. The van der Waals surface area contributed by atoms with Gasteiger partial charge in [0.1, 0.15) is 0 Å². The molecule has 5 nitrogen and oxygen atoms in total. The van der Waals surface area contributed by atoms with Gasteiger partial charge in [0.05, 0.1) is 18.9 Å². The zero-order chi connectivity index (χ0) is 9.84. The van der Waals surface area contributed by atoms with Crippen molar-refractivity contribution in [3.63, 3.8) is 0 Å². The van der Waals surface area contributed by atoms with Gasteiger partial charge >= 0.3 is 11.9 Å². The van der Waals surface area contributed by atoms with Crippen molar-refractivity contribution in [1.82, 2.24) is 5.32 Å². The van der Waals surface area contributed by atoms with Gasteiger partial charge in [-0.2, -0.15) is 0 Å². The summed E-state index contributed by atoms with van der Waals surface area (Å²) in [7, 11) is 1.28. The number of carboxylic acid groups (broad SMARTS) is 1. The van der Waals surface area contributed by atoms with Crippen LogP contribution in [0.15, 0.2) is 0 Å². The lowest BCUT2D eigenvalue weighted by molar-refractivity contribution is -0.156. The van der Waals surface area contributed by atoms with E-state index in [2.05, 4.69) is 10.1 Å². The minimum atomic E-state index is -0.942. The standard InChI is InChI=1S/C8H13NO4/c1-13-8(12)5-2-3-9-4-6(5)7(10)11/h5-6,9H,2-4H2,1H3,(H,10,11)/t5-,6+/m1/s1. The van der Waals surface area contributed by atoms with Crippen molar-refractivity contribution in [2.45, 2.75) is 6.42 Å². The van der Waals surface area contributed by atoms with Crippen LogP contribution >= 0.6 is 0 Å². The normalized spacial score (nSPS) is 28.1. The Kier molecular flexibility index (Phi) is 3.25. The third-order valence-electron chi connectivity index (χ3n) is 2.30. The number of carboxylic acids is 1. The smallest absolute Gasteiger partial charge is 0.309 e. The molecular weight excluding hydrogens is 174 g/mol. The van der Waals surface area contributed by atoms with Crippen LogP contribution < -0.4 is 5.32 Å². The molecule has 0 radical (unpaired) electrons. The highest BCUT2D eigenvalue weighted by Crippen LogP contribution is 2.20. The summed E-state index contributed by atoms with van der Waals surface area (Å²) in [5.74, 6) is -2.51. The van der Waals surface area contributed by atoms with Gasteiger partial charge in [-0.3, -0.25) is 9.59 Å². The molecule has 0 amide bonds. The molecule has 1 aliphatic heterocycles. The van der Waals surface area contributed by atoms with E-state index in [1.54, 1.807) is 0 Å². The molecule has 1 saturated heterocycles. The first-order valence-electron chi connectivity index (χ1n) is 4.18. The van der Waals surface area contributed by atoms with Crippen molar-refractivity contribution in [2.24, 2.45) is 11.8 Å². The molecule has 0 unspecified atom stereocenters. The molecule has 1 rings (SSSR count). The fourth-order valence-corrected chi connectivity index (χ4v) is 1.55. The zero-order valence-electron chi connectivity index (χ0n) is 7.45. The van der Waals surface area contributed by atoms with E-state index in [4.69, 9.17) is 5.11 Å². The first kappa shape index (κ1) is 9.98. The second-order valence-electron chi connectivity index (χ2n) is 3.07. The maximum atomic E-state index is 11.2. The highest BCUT2D eigenvalue weighted by molar-refractivity contribution is 5.81. The minimum absolute atomic E-state index is 0.342. The number of piperidine rings is 1. The fourth-order valence-electron chi connectivity index (χ4n) is 1.55. The summed E-state index contributed by atoms with van der Waals surface area (Å²) in [5.41, 5.74) is 0. The Morgan fingerprint density at radius 3 is 2.69 bits per heavy atom. The largest absolute Gasteiger partial charge is 0.481 e. The summed E-state index contributed by atoms with van der Waals surface area (Å²) in [6, 6.07) is 0. The topological polar surface area (TPSA) is 75.6 Å². The molecule has 0 spiro atoms. The number of carbonyl (C=O) groups excluding carboxylic acids is 1. The quantitative estimate of drug-likeness (QED) is 0.568. The number of rotatable bonds is 2. The van der Waals surface area contributed by atoms with E-state index in [-0.39, 0.29) is 0 Å². The first-order chi connectivity index (χ1) is 6.16. The zero-order valence-corrected chi connectivity index (χ0v) is 7.45. The number of nitrogens with one attached hydrogen (secondary N) is 1. The van der Waals surface area contributed by atoms with Crippen LogP contribution in [0.5, 0.6) is 0 Å². The van der Waals surface area contributed by atoms with Gasteiger partial charge in [0, 0.05) is 6.54 Å². The van der Waals surface area contributed by atoms with E-state index in [0.29, 0.717) is 19.5 Å². The van der Waals surface area contributed by atoms with Gasteiger partial charge in [0.25, 0.3) is 0 Å². The number of hydrogen-bond acceptors (Lipinski definition) is 4. The summed E-state index contributed by atoms with van der Waals surface area (Å²) in [5, 5.41) is 11.7. The summed E-state index contributed by atoms with van der Waals surface area (Å²) in [6.45, 7) is 1.01. The number of aliphatic carboxylic acids is 1. The molecule has 0 bridgehead atoms. The number of methoxy groups -OCH3 is 1. The average Bonchev–Trinajstić information content (AvgIpc) is 2.16. The van der Waals surface area contributed by atoms with Crippen LogP contribution in [-0.4, -0.2) is 37.2 Å². The Balaban J connectivity index is 2.67. The Morgan fingerprint density at radius 2 is 2.15 bits per heavy atom. The van der Waals surface area contributed by atoms with Crippen molar-refractivity contribution >= 4 is 11.9 Å². The van der Waals surface area contributed by atoms with Crippen LogP contribution in [0.2, 0.25) is 0 Å². The summed E-state index contributed by atoms with van der Waals surface area (Å²) >= 11 is 0. The third-order valence-corrected chi connectivity index (χ3v) is 2.30. The predicted molar refractivity (Wildman–Crippen MR) is 44.1 cm³/mol.